The summed E-state index contributed by atoms with van der Waals surface area (Å²) in [6, 6.07) is 0. The van der Waals surface area contributed by atoms with Gasteiger partial charge in [0.1, 0.15) is 0 Å². The van der Waals surface area contributed by atoms with Gasteiger partial charge in [0.25, 0.3) is 5.91 Å². The minimum atomic E-state index is -0.0255. The number of oxazole rings is 1. The van der Waals surface area contributed by atoms with Gasteiger partial charge in [0, 0.05) is 20.0 Å². The van der Waals surface area contributed by atoms with Crippen LogP contribution in [0, 0.1) is 12.8 Å². The third-order valence-corrected chi connectivity index (χ3v) is 2.90. The summed E-state index contributed by atoms with van der Waals surface area (Å²) in [4.78, 5) is 17.7. The van der Waals surface area contributed by atoms with Crippen LogP contribution in [0.15, 0.2) is 10.6 Å². The lowest BCUT2D eigenvalue weighted by atomic mass is 9.99. The van der Waals surface area contributed by atoms with E-state index in [0.717, 1.165) is 31.8 Å². The van der Waals surface area contributed by atoms with Crippen LogP contribution in [0.5, 0.6) is 0 Å². The van der Waals surface area contributed by atoms with Gasteiger partial charge >= 0.3 is 0 Å². The lowest BCUT2D eigenvalue weighted by Gasteiger charge is -2.29. The first-order valence-corrected chi connectivity index (χ1v) is 5.38. The van der Waals surface area contributed by atoms with Gasteiger partial charge in [-0.2, -0.15) is 0 Å². The van der Waals surface area contributed by atoms with Gasteiger partial charge in [-0.3, -0.25) is 4.79 Å². The zero-order valence-corrected chi connectivity index (χ0v) is 9.19. The molecule has 1 aliphatic rings. The number of aryl methyl sites for hydroxylation is 1. The largest absolute Gasteiger partial charge is 0.436 e. The van der Waals surface area contributed by atoms with Gasteiger partial charge in [-0.15, -0.1) is 0 Å². The highest BCUT2D eigenvalue weighted by Gasteiger charge is 2.23. The van der Waals surface area contributed by atoms with Crippen molar-refractivity contribution in [3.63, 3.8) is 0 Å². The molecule has 4 heteroatoms. The SMILES string of the molecule is Cc1ncc(C(=O)N2CCC(C)CC2)o1. The number of carbonyl (C=O) groups excluding carboxylic acids is 1. The zero-order chi connectivity index (χ0) is 10.8. The minimum Gasteiger partial charge on any atom is -0.436 e. The second-order valence-corrected chi connectivity index (χ2v) is 4.22. The van der Waals surface area contributed by atoms with Crippen molar-refractivity contribution in [3.8, 4) is 0 Å². The Balaban J connectivity index is 2.02. The van der Waals surface area contributed by atoms with E-state index in [4.69, 9.17) is 4.42 Å². The van der Waals surface area contributed by atoms with Crippen molar-refractivity contribution in [1.82, 2.24) is 9.88 Å². The highest BCUT2D eigenvalue weighted by molar-refractivity contribution is 5.91. The van der Waals surface area contributed by atoms with E-state index >= 15 is 0 Å². The molecule has 1 saturated heterocycles. The van der Waals surface area contributed by atoms with Gasteiger partial charge in [-0.1, -0.05) is 6.92 Å². The molecule has 0 N–H and O–H groups in total. The Kier molecular flexibility index (Phi) is 2.75. The molecule has 1 aliphatic heterocycles. The third-order valence-electron chi connectivity index (χ3n) is 2.90. The highest BCUT2D eigenvalue weighted by atomic mass is 16.4. The van der Waals surface area contributed by atoms with Crippen molar-refractivity contribution in [2.24, 2.45) is 5.92 Å². The fourth-order valence-electron chi connectivity index (χ4n) is 1.83. The molecule has 82 valence electrons. The molecule has 0 unspecified atom stereocenters. The first-order chi connectivity index (χ1) is 7.16. The maximum Gasteiger partial charge on any atom is 0.291 e. The average molecular weight is 208 g/mol. The first kappa shape index (κ1) is 10.2. The highest BCUT2D eigenvalue weighted by Crippen LogP contribution is 2.18. The summed E-state index contributed by atoms with van der Waals surface area (Å²) in [5, 5.41) is 0. The van der Waals surface area contributed by atoms with Crippen molar-refractivity contribution in [1.29, 1.82) is 0 Å². The van der Waals surface area contributed by atoms with E-state index in [1.165, 1.54) is 6.20 Å². The molecule has 15 heavy (non-hydrogen) atoms. The van der Waals surface area contributed by atoms with Crippen molar-refractivity contribution in [3.05, 3.63) is 17.8 Å². The number of rotatable bonds is 1. The standard InChI is InChI=1S/C11H16N2O2/c1-8-3-5-13(6-4-8)11(14)10-7-12-9(2)15-10/h7-8H,3-6H2,1-2H3. The molecule has 1 aromatic rings. The van der Waals surface area contributed by atoms with E-state index in [-0.39, 0.29) is 5.91 Å². The molecule has 0 spiro atoms. The Morgan fingerprint density at radius 3 is 2.73 bits per heavy atom. The van der Waals surface area contributed by atoms with Crippen LogP contribution >= 0.6 is 0 Å². The molecule has 0 atom stereocenters. The maximum absolute atomic E-state index is 11.9. The minimum absolute atomic E-state index is 0.0255. The quantitative estimate of drug-likeness (QED) is 0.707. The Morgan fingerprint density at radius 2 is 2.20 bits per heavy atom. The van der Waals surface area contributed by atoms with Crippen LogP contribution in [0.25, 0.3) is 0 Å². The predicted molar refractivity (Wildman–Crippen MR) is 55.5 cm³/mol. The van der Waals surface area contributed by atoms with Gasteiger partial charge in [0.15, 0.2) is 5.89 Å². The van der Waals surface area contributed by atoms with Crippen LogP contribution in [0.2, 0.25) is 0 Å². The molecular formula is C11H16N2O2. The molecular weight excluding hydrogens is 192 g/mol. The van der Waals surface area contributed by atoms with E-state index < -0.39 is 0 Å². The van der Waals surface area contributed by atoms with Crippen LogP contribution in [0.3, 0.4) is 0 Å². The molecule has 0 radical (unpaired) electrons. The number of carbonyl (C=O) groups is 1. The van der Waals surface area contributed by atoms with Crippen LogP contribution in [0.4, 0.5) is 0 Å². The van der Waals surface area contributed by atoms with E-state index in [1.807, 2.05) is 4.90 Å². The third kappa shape index (κ3) is 2.19. The monoisotopic (exact) mass is 208 g/mol. The summed E-state index contributed by atoms with van der Waals surface area (Å²) in [6.45, 7) is 5.63. The molecule has 0 bridgehead atoms. The number of aromatic nitrogens is 1. The number of amides is 1. The topological polar surface area (TPSA) is 46.3 Å². The normalized spacial score (nSPS) is 18.1. The molecule has 0 aliphatic carbocycles. The van der Waals surface area contributed by atoms with E-state index in [0.29, 0.717) is 11.7 Å². The summed E-state index contributed by atoms with van der Waals surface area (Å²) in [6.07, 6.45) is 3.67. The maximum atomic E-state index is 11.9. The van der Waals surface area contributed by atoms with E-state index in [9.17, 15) is 4.79 Å². The molecule has 1 amide bonds. The average Bonchev–Trinajstić information content (AvgIpc) is 2.65. The first-order valence-electron chi connectivity index (χ1n) is 5.38. The summed E-state index contributed by atoms with van der Waals surface area (Å²) in [5.41, 5.74) is 0. The van der Waals surface area contributed by atoms with Gasteiger partial charge < -0.3 is 9.32 Å². The summed E-state index contributed by atoms with van der Waals surface area (Å²) < 4.78 is 5.22. The van der Waals surface area contributed by atoms with Gasteiger partial charge in [0.05, 0.1) is 6.20 Å². The Labute approximate surface area is 89.3 Å². The molecule has 1 aromatic heterocycles. The van der Waals surface area contributed by atoms with E-state index in [1.54, 1.807) is 6.92 Å². The van der Waals surface area contributed by atoms with Crippen molar-refractivity contribution in [2.45, 2.75) is 26.7 Å². The Hall–Kier alpha value is -1.32. The van der Waals surface area contributed by atoms with E-state index in [2.05, 4.69) is 11.9 Å². The summed E-state index contributed by atoms with van der Waals surface area (Å²) >= 11 is 0. The number of likely N-dealkylation sites (tertiary alicyclic amines) is 1. The predicted octanol–water partition coefficient (Wildman–Crippen LogP) is 1.86. The van der Waals surface area contributed by atoms with Crippen molar-refractivity contribution < 1.29 is 9.21 Å². The fraction of sp³-hybridized carbons (Fsp3) is 0.636. The second kappa shape index (κ2) is 4.04. The van der Waals surface area contributed by atoms with Gasteiger partial charge in [-0.25, -0.2) is 4.98 Å². The molecule has 2 rings (SSSR count). The van der Waals surface area contributed by atoms with Crippen LogP contribution in [0.1, 0.15) is 36.2 Å². The molecule has 0 aromatic carbocycles. The molecule has 0 saturated carbocycles. The van der Waals surface area contributed by atoms with Gasteiger partial charge in [0.2, 0.25) is 5.76 Å². The summed E-state index contributed by atoms with van der Waals surface area (Å²) in [5.74, 6) is 1.61. The fourth-order valence-corrected chi connectivity index (χ4v) is 1.83. The lowest BCUT2D eigenvalue weighted by molar-refractivity contribution is 0.0663. The molecule has 4 nitrogen and oxygen atoms in total. The van der Waals surface area contributed by atoms with Crippen LogP contribution in [-0.2, 0) is 0 Å². The van der Waals surface area contributed by atoms with Crippen molar-refractivity contribution >= 4 is 5.91 Å². The number of nitrogens with zero attached hydrogens (tertiary/aromatic N) is 2. The number of hydrogen-bond acceptors (Lipinski definition) is 3. The summed E-state index contributed by atoms with van der Waals surface area (Å²) in [7, 11) is 0. The Bertz CT molecular complexity index is 351. The zero-order valence-electron chi connectivity index (χ0n) is 9.19. The lowest BCUT2D eigenvalue weighted by Crippen LogP contribution is -2.37. The molecule has 1 fully saturated rings. The second-order valence-electron chi connectivity index (χ2n) is 4.22. The molecule has 2 heterocycles. The van der Waals surface area contributed by atoms with Gasteiger partial charge in [-0.05, 0) is 18.8 Å². The van der Waals surface area contributed by atoms with Crippen molar-refractivity contribution in [2.75, 3.05) is 13.1 Å². The number of hydrogen-bond donors (Lipinski definition) is 0. The smallest absolute Gasteiger partial charge is 0.291 e. The number of piperidine rings is 1. The Morgan fingerprint density at radius 1 is 1.53 bits per heavy atom. The van der Waals surface area contributed by atoms with Crippen LogP contribution in [-0.4, -0.2) is 28.9 Å². The van der Waals surface area contributed by atoms with Crippen LogP contribution < -0.4 is 0 Å².